The Bertz CT molecular complexity index is 300. The van der Waals surface area contributed by atoms with Crippen LogP contribution in [0.15, 0.2) is 0 Å². The third-order valence-electron chi connectivity index (χ3n) is 3.96. The molecule has 0 aromatic heterocycles. The summed E-state index contributed by atoms with van der Waals surface area (Å²) in [6.45, 7) is 9.74. The van der Waals surface area contributed by atoms with E-state index >= 15 is 0 Å². The molecular weight excluding hydrogens is 242 g/mol. The summed E-state index contributed by atoms with van der Waals surface area (Å²) in [5, 5.41) is 13.1. The summed E-state index contributed by atoms with van der Waals surface area (Å²) in [5.74, 6) is 0.832. The van der Waals surface area contributed by atoms with Gasteiger partial charge in [-0.2, -0.15) is 0 Å². The molecule has 0 aliphatic carbocycles. The zero-order valence-corrected chi connectivity index (χ0v) is 12.2. The maximum atomic E-state index is 12.2. The Morgan fingerprint density at radius 1 is 1.32 bits per heavy atom. The van der Waals surface area contributed by atoms with Gasteiger partial charge in [-0.15, -0.1) is 0 Å². The average Bonchev–Trinajstić information content (AvgIpc) is 2.80. The molecule has 2 N–H and O–H groups in total. The minimum Gasteiger partial charge on any atom is -0.389 e. The molecule has 2 heterocycles. The van der Waals surface area contributed by atoms with Crippen molar-refractivity contribution in [2.24, 2.45) is 5.92 Å². The molecule has 0 saturated carbocycles. The first-order valence-corrected chi connectivity index (χ1v) is 7.37. The maximum absolute atomic E-state index is 12.2. The van der Waals surface area contributed by atoms with Gasteiger partial charge in [0.15, 0.2) is 0 Å². The SMILES string of the molecule is CC(C)(O)CN1CCN(C(=O)CC2CCNC2)CC1. The second kappa shape index (κ2) is 6.20. The Hall–Kier alpha value is -0.650. The largest absolute Gasteiger partial charge is 0.389 e. The summed E-state index contributed by atoms with van der Waals surface area (Å²) in [4.78, 5) is 16.4. The van der Waals surface area contributed by atoms with Gasteiger partial charge in [0.25, 0.3) is 0 Å². The first kappa shape index (κ1) is 14.8. The fraction of sp³-hybridized carbons (Fsp3) is 0.929. The van der Waals surface area contributed by atoms with E-state index in [0.717, 1.165) is 45.7 Å². The van der Waals surface area contributed by atoms with Gasteiger partial charge in [0.1, 0.15) is 0 Å². The van der Waals surface area contributed by atoms with E-state index in [-0.39, 0.29) is 0 Å². The number of carbonyl (C=O) groups excluding carboxylic acids is 1. The van der Waals surface area contributed by atoms with Gasteiger partial charge in [-0.05, 0) is 39.3 Å². The van der Waals surface area contributed by atoms with Crippen LogP contribution in [0.2, 0.25) is 0 Å². The van der Waals surface area contributed by atoms with Crippen LogP contribution in [-0.4, -0.2) is 72.2 Å². The van der Waals surface area contributed by atoms with Crippen LogP contribution >= 0.6 is 0 Å². The maximum Gasteiger partial charge on any atom is 0.222 e. The van der Waals surface area contributed by atoms with E-state index in [2.05, 4.69) is 10.2 Å². The first-order valence-electron chi connectivity index (χ1n) is 7.37. The lowest BCUT2D eigenvalue weighted by Crippen LogP contribution is -2.52. The molecule has 2 rings (SSSR count). The van der Waals surface area contributed by atoms with Gasteiger partial charge in [0.2, 0.25) is 5.91 Å². The molecule has 0 aromatic rings. The van der Waals surface area contributed by atoms with Crippen molar-refractivity contribution in [1.29, 1.82) is 0 Å². The topological polar surface area (TPSA) is 55.8 Å². The molecule has 2 aliphatic rings. The lowest BCUT2D eigenvalue weighted by molar-refractivity contribution is -0.134. The molecule has 1 atom stereocenters. The Labute approximate surface area is 115 Å². The molecule has 0 bridgehead atoms. The molecule has 1 amide bonds. The number of aliphatic hydroxyl groups is 1. The second-order valence-corrected chi connectivity index (χ2v) is 6.53. The third-order valence-corrected chi connectivity index (χ3v) is 3.96. The van der Waals surface area contributed by atoms with Gasteiger partial charge in [-0.1, -0.05) is 0 Å². The monoisotopic (exact) mass is 269 g/mol. The smallest absolute Gasteiger partial charge is 0.222 e. The van der Waals surface area contributed by atoms with Crippen LogP contribution in [0.5, 0.6) is 0 Å². The number of β-amino-alcohol motifs (C(OH)–C–C–N with tert-alkyl or cyclic N) is 1. The number of carbonyl (C=O) groups is 1. The summed E-state index contributed by atoms with van der Waals surface area (Å²) in [7, 11) is 0. The van der Waals surface area contributed by atoms with Crippen LogP contribution in [0, 0.1) is 5.92 Å². The molecule has 19 heavy (non-hydrogen) atoms. The second-order valence-electron chi connectivity index (χ2n) is 6.53. The Morgan fingerprint density at radius 2 is 2.00 bits per heavy atom. The van der Waals surface area contributed by atoms with Crippen molar-refractivity contribution in [3.63, 3.8) is 0 Å². The van der Waals surface area contributed by atoms with Crippen LogP contribution in [0.1, 0.15) is 26.7 Å². The lowest BCUT2D eigenvalue weighted by atomic mass is 10.0. The highest BCUT2D eigenvalue weighted by Gasteiger charge is 2.26. The predicted molar refractivity (Wildman–Crippen MR) is 74.9 cm³/mol. The van der Waals surface area contributed by atoms with Gasteiger partial charge in [-0.3, -0.25) is 9.69 Å². The van der Waals surface area contributed by atoms with Crippen LogP contribution in [0.25, 0.3) is 0 Å². The number of hydrogen-bond acceptors (Lipinski definition) is 4. The van der Waals surface area contributed by atoms with E-state index in [9.17, 15) is 9.90 Å². The molecular formula is C14H27N3O2. The summed E-state index contributed by atoms with van der Waals surface area (Å²) >= 11 is 0. The van der Waals surface area contributed by atoms with Crippen molar-refractivity contribution < 1.29 is 9.90 Å². The molecule has 5 nitrogen and oxygen atoms in total. The summed E-state index contributed by atoms with van der Waals surface area (Å²) < 4.78 is 0. The van der Waals surface area contributed by atoms with Gasteiger partial charge in [0.05, 0.1) is 5.60 Å². The number of nitrogens with one attached hydrogen (secondary N) is 1. The molecule has 2 saturated heterocycles. The molecule has 2 aliphatic heterocycles. The van der Waals surface area contributed by atoms with Crippen molar-refractivity contribution in [3.8, 4) is 0 Å². The number of nitrogens with zero attached hydrogens (tertiary/aromatic N) is 2. The molecule has 110 valence electrons. The Balaban J connectivity index is 1.71. The van der Waals surface area contributed by atoms with E-state index in [1.807, 2.05) is 18.7 Å². The lowest BCUT2D eigenvalue weighted by Gasteiger charge is -2.37. The third kappa shape index (κ3) is 4.75. The van der Waals surface area contributed by atoms with Crippen LogP contribution in [-0.2, 0) is 4.79 Å². The quantitative estimate of drug-likeness (QED) is 0.748. The highest BCUT2D eigenvalue weighted by molar-refractivity contribution is 5.76. The van der Waals surface area contributed by atoms with Crippen LogP contribution in [0.4, 0.5) is 0 Å². The van der Waals surface area contributed by atoms with Crippen molar-refractivity contribution in [2.75, 3.05) is 45.8 Å². The van der Waals surface area contributed by atoms with Gasteiger partial charge >= 0.3 is 0 Å². The fourth-order valence-electron chi connectivity index (χ4n) is 2.97. The van der Waals surface area contributed by atoms with Gasteiger partial charge < -0.3 is 15.3 Å². The van der Waals surface area contributed by atoms with Crippen molar-refractivity contribution >= 4 is 5.91 Å². The minimum absolute atomic E-state index is 0.302. The summed E-state index contributed by atoms with van der Waals surface area (Å²) in [6, 6.07) is 0. The van der Waals surface area contributed by atoms with E-state index < -0.39 is 5.60 Å². The number of amides is 1. The first-order chi connectivity index (χ1) is 8.94. The normalized spacial score (nSPS) is 25.8. The van der Waals surface area contributed by atoms with E-state index in [0.29, 0.717) is 24.8 Å². The number of piperazine rings is 1. The van der Waals surface area contributed by atoms with E-state index in [1.54, 1.807) is 0 Å². The van der Waals surface area contributed by atoms with Gasteiger partial charge in [-0.25, -0.2) is 0 Å². The van der Waals surface area contributed by atoms with Crippen molar-refractivity contribution in [2.45, 2.75) is 32.3 Å². The van der Waals surface area contributed by atoms with Crippen LogP contribution < -0.4 is 5.32 Å². The van der Waals surface area contributed by atoms with Crippen LogP contribution in [0.3, 0.4) is 0 Å². The molecule has 1 unspecified atom stereocenters. The Morgan fingerprint density at radius 3 is 2.53 bits per heavy atom. The number of hydrogen-bond donors (Lipinski definition) is 2. The van der Waals surface area contributed by atoms with E-state index in [4.69, 9.17) is 0 Å². The molecule has 5 heteroatoms. The van der Waals surface area contributed by atoms with Crippen molar-refractivity contribution in [3.05, 3.63) is 0 Å². The highest BCUT2D eigenvalue weighted by Crippen LogP contribution is 2.15. The van der Waals surface area contributed by atoms with E-state index in [1.165, 1.54) is 0 Å². The number of rotatable bonds is 4. The van der Waals surface area contributed by atoms with Gasteiger partial charge in [0, 0.05) is 39.1 Å². The minimum atomic E-state index is -0.651. The molecule has 2 fully saturated rings. The summed E-state index contributed by atoms with van der Waals surface area (Å²) in [5.41, 5.74) is -0.651. The average molecular weight is 269 g/mol. The zero-order chi connectivity index (χ0) is 13.9. The Kier molecular flexibility index (Phi) is 4.81. The molecule has 0 aromatic carbocycles. The molecule has 0 spiro atoms. The fourth-order valence-corrected chi connectivity index (χ4v) is 2.97. The zero-order valence-electron chi connectivity index (χ0n) is 12.2. The molecule has 0 radical (unpaired) electrons. The predicted octanol–water partition coefficient (Wildman–Crippen LogP) is -0.0989. The van der Waals surface area contributed by atoms with Crippen molar-refractivity contribution in [1.82, 2.24) is 15.1 Å². The summed E-state index contributed by atoms with van der Waals surface area (Å²) in [6.07, 6.45) is 1.82. The highest BCUT2D eigenvalue weighted by atomic mass is 16.3. The standard InChI is InChI=1S/C14H27N3O2/c1-14(2,19)11-16-5-7-17(8-6-16)13(18)9-12-3-4-15-10-12/h12,15,19H,3-11H2,1-2H3.